The zero-order valence-corrected chi connectivity index (χ0v) is 12.2. The number of anilines is 2. The van der Waals surface area contributed by atoms with Gasteiger partial charge in [-0.2, -0.15) is 0 Å². The van der Waals surface area contributed by atoms with Gasteiger partial charge in [-0.1, -0.05) is 6.92 Å². The van der Waals surface area contributed by atoms with Crippen molar-refractivity contribution in [3.63, 3.8) is 0 Å². The van der Waals surface area contributed by atoms with Crippen LogP contribution in [-0.4, -0.2) is 33.1 Å². The van der Waals surface area contributed by atoms with Crippen molar-refractivity contribution < 1.29 is 4.79 Å². The van der Waals surface area contributed by atoms with Crippen LogP contribution in [0.2, 0.25) is 0 Å². The first kappa shape index (κ1) is 13.9. The summed E-state index contributed by atoms with van der Waals surface area (Å²) in [4.78, 5) is 14.3. The molecule has 4 nitrogen and oxygen atoms in total. The zero-order chi connectivity index (χ0) is 14.0. The average molecular weight is 261 g/mol. The fourth-order valence-corrected chi connectivity index (χ4v) is 2.45. The van der Waals surface area contributed by atoms with Gasteiger partial charge in [0.25, 0.3) is 0 Å². The zero-order valence-electron chi connectivity index (χ0n) is 12.2. The van der Waals surface area contributed by atoms with Crippen molar-refractivity contribution in [3.05, 3.63) is 23.8 Å². The summed E-state index contributed by atoms with van der Waals surface area (Å²) in [6.07, 6.45) is 0. The highest BCUT2D eigenvalue weighted by molar-refractivity contribution is 5.94. The average Bonchev–Trinajstić information content (AvgIpc) is 2.77. The molecule has 19 heavy (non-hydrogen) atoms. The van der Waals surface area contributed by atoms with Crippen molar-refractivity contribution in [2.24, 2.45) is 11.8 Å². The third-order valence-corrected chi connectivity index (χ3v) is 3.84. The lowest BCUT2D eigenvalue weighted by Crippen LogP contribution is -2.28. The molecule has 104 valence electrons. The molecular weight excluding hydrogens is 238 g/mol. The van der Waals surface area contributed by atoms with E-state index < -0.39 is 0 Å². The summed E-state index contributed by atoms with van der Waals surface area (Å²) in [6.45, 7) is 5.85. The second-order valence-electron chi connectivity index (χ2n) is 5.62. The van der Waals surface area contributed by atoms with Crippen LogP contribution in [0.15, 0.2) is 18.2 Å². The van der Waals surface area contributed by atoms with Crippen molar-refractivity contribution in [2.75, 3.05) is 37.4 Å². The van der Waals surface area contributed by atoms with E-state index in [2.05, 4.69) is 28.5 Å². The molecule has 0 unspecified atom stereocenters. The molecule has 0 bridgehead atoms. The minimum absolute atomic E-state index is 0.0768. The summed E-state index contributed by atoms with van der Waals surface area (Å²) in [5.41, 5.74) is 3.15. The number of aryl methyl sites for hydroxylation is 1. The van der Waals surface area contributed by atoms with Crippen LogP contribution < -0.4 is 15.5 Å². The maximum Gasteiger partial charge on any atom is 0.229 e. The smallest absolute Gasteiger partial charge is 0.229 e. The summed E-state index contributed by atoms with van der Waals surface area (Å²) < 4.78 is 0. The van der Waals surface area contributed by atoms with Gasteiger partial charge in [-0.25, -0.2) is 0 Å². The molecule has 1 aliphatic rings. The Bertz CT molecular complexity index is 470. The first-order valence-electron chi connectivity index (χ1n) is 6.78. The molecule has 1 saturated heterocycles. The maximum absolute atomic E-state index is 12.2. The van der Waals surface area contributed by atoms with E-state index in [-0.39, 0.29) is 11.8 Å². The lowest BCUT2D eigenvalue weighted by atomic mass is 9.97. The van der Waals surface area contributed by atoms with Crippen molar-refractivity contribution in [2.45, 2.75) is 13.8 Å². The summed E-state index contributed by atoms with van der Waals surface area (Å²) in [7, 11) is 4.03. The fourth-order valence-electron chi connectivity index (χ4n) is 2.45. The Balaban J connectivity index is 2.09. The Hall–Kier alpha value is -1.55. The summed E-state index contributed by atoms with van der Waals surface area (Å²) in [5, 5.41) is 6.31. The van der Waals surface area contributed by atoms with E-state index in [0.29, 0.717) is 5.92 Å². The maximum atomic E-state index is 12.2. The summed E-state index contributed by atoms with van der Waals surface area (Å²) >= 11 is 0. The van der Waals surface area contributed by atoms with Crippen molar-refractivity contribution >= 4 is 17.3 Å². The van der Waals surface area contributed by atoms with E-state index in [1.807, 2.05) is 33.2 Å². The van der Waals surface area contributed by atoms with Gasteiger partial charge in [-0.15, -0.1) is 0 Å². The molecule has 1 aromatic rings. The van der Waals surface area contributed by atoms with Gasteiger partial charge in [-0.05, 0) is 43.1 Å². The van der Waals surface area contributed by atoms with E-state index in [1.165, 1.54) is 0 Å². The Morgan fingerprint density at radius 2 is 2.11 bits per heavy atom. The SMILES string of the molecule is Cc1cc(N(C)C)ccc1NC(=O)[C@@H]1CNC[C@H]1C. The van der Waals surface area contributed by atoms with E-state index in [1.54, 1.807) is 0 Å². The third-order valence-electron chi connectivity index (χ3n) is 3.84. The molecular formula is C15H23N3O. The molecule has 2 N–H and O–H groups in total. The molecule has 1 aliphatic heterocycles. The molecule has 1 aromatic carbocycles. The topological polar surface area (TPSA) is 44.4 Å². The third kappa shape index (κ3) is 3.07. The second-order valence-corrected chi connectivity index (χ2v) is 5.62. The van der Waals surface area contributed by atoms with Crippen LogP contribution in [0.3, 0.4) is 0 Å². The normalized spacial score (nSPS) is 22.3. The minimum Gasteiger partial charge on any atom is -0.378 e. The van der Waals surface area contributed by atoms with Crippen LogP contribution >= 0.6 is 0 Å². The molecule has 2 rings (SSSR count). The molecule has 1 amide bonds. The first-order chi connectivity index (χ1) is 8.99. The van der Waals surface area contributed by atoms with Crippen LogP contribution in [0.25, 0.3) is 0 Å². The predicted octanol–water partition coefficient (Wildman–Crippen LogP) is 1.86. The standard InChI is InChI=1S/C15H23N3O/c1-10-7-12(18(3)4)5-6-14(10)17-15(19)13-9-16-8-11(13)2/h5-7,11,13,16H,8-9H2,1-4H3,(H,17,19)/t11-,13-/m1/s1. The van der Waals surface area contributed by atoms with Crippen molar-refractivity contribution in [1.29, 1.82) is 0 Å². The van der Waals surface area contributed by atoms with Gasteiger partial charge < -0.3 is 15.5 Å². The van der Waals surface area contributed by atoms with Crippen LogP contribution in [0.1, 0.15) is 12.5 Å². The monoisotopic (exact) mass is 261 g/mol. The minimum atomic E-state index is 0.0768. The number of hydrogen-bond donors (Lipinski definition) is 2. The quantitative estimate of drug-likeness (QED) is 0.873. The molecule has 4 heteroatoms. The lowest BCUT2D eigenvalue weighted by Gasteiger charge is -2.18. The first-order valence-corrected chi connectivity index (χ1v) is 6.78. The summed E-state index contributed by atoms with van der Waals surface area (Å²) in [5.74, 6) is 0.604. The van der Waals surface area contributed by atoms with E-state index in [4.69, 9.17) is 0 Å². The molecule has 0 aliphatic carbocycles. The van der Waals surface area contributed by atoms with Gasteiger partial charge in [0.05, 0.1) is 5.92 Å². The molecule has 2 atom stereocenters. The van der Waals surface area contributed by atoms with E-state index in [0.717, 1.165) is 30.0 Å². The van der Waals surface area contributed by atoms with Crippen LogP contribution in [-0.2, 0) is 4.79 Å². The van der Waals surface area contributed by atoms with Gasteiger partial charge >= 0.3 is 0 Å². The van der Waals surface area contributed by atoms with E-state index in [9.17, 15) is 4.79 Å². The Kier molecular flexibility index (Phi) is 4.10. The number of amides is 1. The van der Waals surface area contributed by atoms with Crippen LogP contribution in [0.5, 0.6) is 0 Å². The second kappa shape index (κ2) is 5.61. The number of nitrogens with zero attached hydrogens (tertiary/aromatic N) is 1. The number of carbonyl (C=O) groups excluding carboxylic acids is 1. The predicted molar refractivity (Wildman–Crippen MR) is 79.7 cm³/mol. The molecule has 0 saturated carbocycles. The number of benzene rings is 1. The molecule has 0 aromatic heterocycles. The Morgan fingerprint density at radius 1 is 1.37 bits per heavy atom. The Labute approximate surface area is 115 Å². The fraction of sp³-hybridized carbons (Fsp3) is 0.533. The highest BCUT2D eigenvalue weighted by Crippen LogP contribution is 2.23. The van der Waals surface area contributed by atoms with Gasteiger partial charge in [0, 0.05) is 32.0 Å². The number of rotatable bonds is 3. The van der Waals surface area contributed by atoms with E-state index >= 15 is 0 Å². The highest BCUT2D eigenvalue weighted by atomic mass is 16.1. The van der Waals surface area contributed by atoms with Crippen molar-refractivity contribution in [1.82, 2.24) is 5.32 Å². The summed E-state index contributed by atoms with van der Waals surface area (Å²) in [6, 6.07) is 6.10. The van der Waals surface area contributed by atoms with Gasteiger partial charge in [-0.3, -0.25) is 4.79 Å². The van der Waals surface area contributed by atoms with Gasteiger partial charge in [0.15, 0.2) is 0 Å². The number of hydrogen-bond acceptors (Lipinski definition) is 3. The number of nitrogens with one attached hydrogen (secondary N) is 2. The molecule has 1 fully saturated rings. The van der Waals surface area contributed by atoms with Crippen LogP contribution in [0, 0.1) is 18.8 Å². The molecule has 1 heterocycles. The lowest BCUT2D eigenvalue weighted by molar-refractivity contribution is -0.120. The Morgan fingerprint density at radius 3 is 2.63 bits per heavy atom. The number of carbonyl (C=O) groups is 1. The van der Waals surface area contributed by atoms with Gasteiger partial charge in [0.2, 0.25) is 5.91 Å². The van der Waals surface area contributed by atoms with Gasteiger partial charge in [0.1, 0.15) is 0 Å². The van der Waals surface area contributed by atoms with Crippen molar-refractivity contribution in [3.8, 4) is 0 Å². The highest BCUT2D eigenvalue weighted by Gasteiger charge is 2.29. The van der Waals surface area contributed by atoms with Crippen LogP contribution in [0.4, 0.5) is 11.4 Å². The molecule has 0 spiro atoms. The molecule has 0 radical (unpaired) electrons. The largest absolute Gasteiger partial charge is 0.378 e.